The number of pyridine rings is 1. The first kappa shape index (κ1) is 11.4. The van der Waals surface area contributed by atoms with E-state index in [0.717, 1.165) is 33.7 Å². The minimum Gasteiger partial charge on any atom is -0.321 e. The monoisotopic (exact) mass is 305 g/mol. The maximum absolute atomic E-state index is 4.47. The fourth-order valence-electron chi connectivity index (χ4n) is 2.01. The van der Waals surface area contributed by atoms with Crippen molar-refractivity contribution in [3.63, 3.8) is 0 Å². The van der Waals surface area contributed by atoms with Crippen LogP contribution in [0.2, 0.25) is 0 Å². The van der Waals surface area contributed by atoms with E-state index in [1.165, 1.54) is 0 Å². The molecule has 0 saturated carbocycles. The molecule has 3 aromatic heterocycles. The second-order valence-electron chi connectivity index (χ2n) is 4.19. The first-order chi connectivity index (χ1) is 8.65. The molecule has 3 heterocycles. The van der Waals surface area contributed by atoms with Crippen LogP contribution in [0.25, 0.3) is 11.2 Å². The quantitative estimate of drug-likeness (QED) is 0.730. The zero-order valence-corrected chi connectivity index (χ0v) is 11.7. The Hall–Kier alpha value is -1.69. The number of aryl methyl sites for hydroxylation is 2. The number of imidazole rings is 1. The van der Waals surface area contributed by atoms with Crippen LogP contribution in [0.3, 0.4) is 0 Å². The van der Waals surface area contributed by atoms with Crippen LogP contribution in [0.5, 0.6) is 0 Å². The zero-order chi connectivity index (χ0) is 12.7. The van der Waals surface area contributed by atoms with Crippen molar-refractivity contribution in [3.8, 4) is 0 Å². The van der Waals surface area contributed by atoms with Crippen LogP contribution in [0.1, 0.15) is 11.5 Å². The van der Waals surface area contributed by atoms with Gasteiger partial charge in [0.25, 0.3) is 0 Å². The van der Waals surface area contributed by atoms with Crippen molar-refractivity contribution < 1.29 is 0 Å². The number of rotatable bonds is 2. The Kier molecular flexibility index (Phi) is 2.66. The van der Waals surface area contributed by atoms with Gasteiger partial charge >= 0.3 is 0 Å². The molecule has 0 spiro atoms. The van der Waals surface area contributed by atoms with E-state index < -0.39 is 0 Å². The summed E-state index contributed by atoms with van der Waals surface area (Å²) in [7, 11) is 1.94. The predicted octanol–water partition coefficient (Wildman–Crippen LogP) is 2.28. The van der Waals surface area contributed by atoms with Crippen LogP contribution in [-0.2, 0) is 13.6 Å². The second kappa shape index (κ2) is 4.20. The Morgan fingerprint density at radius 1 is 1.39 bits per heavy atom. The van der Waals surface area contributed by atoms with Gasteiger partial charge in [-0.05, 0) is 35.0 Å². The molecule has 0 aliphatic rings. The smallest absolute Gasteiger partial charge is 0.177 e. The summed E-state index contributed by atoms with van der Waals surface area (Å²) in [6, 6.07) is 4.05. The number of halogens is 1. The van der Waals surface area contributed by atoms with Crippen LogP contribution < -0.4 is 0 Å². The minimum absolute atomic E-state index is 0.747. The number of fused-ring (bicyclic) bond motifs is 1. The molecule has 6 heteroatoms. The van der Waals surface area contributed by atoms with Crippen LogP contribution >= 0.6 is 15.9 Å². The molecule has 3 rings (SSSR count). The van der Waals surface area contributed by atoms with Gasteiger partial charge in [-0.15, -0.1) is 0 Å². The van der Waals surface area contributed by atoms with Crippen molar-refractivity contribution in [2.75, 3.05) is 0 Å². The molecular formula is C12H12BrN5. The largest absolute Gasteiger partial charge is 0.321 e. The first-order valence-electron chi connectivity index (χ1n) is 5.60. The number of nitrogens with zero attached hydrogens (tertiary/aromatic N) is 5. The molecule has 92 valence electrons. The van der Waals surface area contributed by atoms with E-state index in [9.17, 15) is 0 Å². The van der Waals surface area contributed by atoms with E-state index in [-0.39, 0.29) is 0 Å². The van der Waals surface area contributed by atoms with Gasteiger partial charge in [-0.3, -0.25) is 4.68 Å². The maximum Gasteiger partial charge on any atom is 0.177 e. The van der Waals surface area contributed by atoms with Crippen molar-refractivity contribution in [2.24, 2.45) is 7.05 Å². The first-order valence-corrected chi connectivity index (χ1v) is 6.40. The third kappa shape index (κ3) is 1.82. The highest BCUT2D eigenvalue weighted by Crippen LogP contribution is 2.19. The summed E-state index contributed by atoms with van der Waals surface area (Å²) in [5.41, 5.74) is 2.94. The van der Waals surface area contributed by atoms with Crippen molar-refractivity contribution in [3.05, 3.63) is 40.5 Å². The van der Waals surface area contributed by atoms with Crippen LogP contribution in [0.4, 0.5) is 0 Å². The number of hydrogen-bond donors (Lipinski definition) is 0. The lowest BCUT2D eigenvalue weighted by Gasteiger charge is -2.07. The maximum atomic E-state index is 4.47. The average Bonchev–Trinajstić information content (AvgIpc) is 2.86. The summed E-state index contributed by atoms with van der Waals surface area (Å²) < 4.78 is 4.97. The van der Waals surface area contributed by atoms with Gasteiger partial charge in [0, 0.05) is 23.9 Å². The molecule has 0 aliphatic heterocycles. The van der Waals surface area contributed by atoms with E-state index in [2.05, 4.69) is 35.6 Å². The van der Waals surface area contributed by atoms with Crippen molar-refractivity contribution in [1.82, 2.24) is 24.3 Å². The van der Waals surface area contributed by atoms with Crippen molar-refractivity contribution in [2.45, 2.75) is 13.5 Å². The Morgan fingerprint density at radius 2 is 2.22 bits per heavy atom. The summed E-state index contributed by atoms with van der Waals surface area (Å²) in [5.74, 6) is 0.955. The molecule has 0 aliphatic carbocycles. The van der Waals surface area contributed by atoms with Gasteiger partial charge in [0.05, 0.1) is 17.8 Å². The molecule has 0 fully saturated rings. The molecule has 0 bridgehead atoms. The SMILES string of the molecule is Cc1nc2ncc(Br)cc2n1Cc1ccnn1C. The lowest BCUT2D eigenvalue weighted by atomic mass is 10.4. The summed E-state index contributed by atoms with van der Waals surface area (Å²) in [5, 5.41) is 4.18. The molecule has 0 atom stereocenters. The summed E-state index contributed by atoms with van der Waals surface area (Å²) in [6.45, 7) is 2.74. The van der Waals surface area contributed by atoms with E-state index in [1.54, 1.807) is 12.4 Å². The van der Waals surface area contributed by atoms with Gasteiger partial charge in [0.1, 0.15) is 5.82 Å². The summed E-state index contributed by atoms with van der Waals surface area (Å²) >= 11 is 3.45. The fourth-order valence-corrected chi connectivity index (χ4v) is 2.33. The molecule has 0 N–H and O–H groups in total. The predicted molar refractivity (Wildman–Crippen MR) is 72.3 cm³/mol. The fraction of sp³-hybridized carbons (Fsp3) is 0.250. The molecular weight excluding hydrogens is 294 g/mol. The molecule has 0 amide bonds. The van der Waals surface area contributed by atoms with Gasteiger partial charge < -0.3 is 4.57 Å². The van der Waals surface area contributed by atoms with E-state index in [4.69, 9.17) is 0 Å². The minimum atomic E-state index is 0.747. The molecule has 0 aromatic carbocycles. The molecule has 5 nitrogen and oxygen atoms in total. The molecule has 0 unspecified atom stereocenters. The number of hydrogen-bond acceptors (Lipinski definition) is 3. The highest BCUT2D eigenvalue weighted by molar-refractivity contribution is 9.10. The third-order valence-corrected chi connectivity index (χ3v) is 3.44. The molecule has 18 heavy (non-hydrogen) atoms. The Balaban J connectivity index is 2.13. The Labute approximate surface area is 113 Å². The van der Waals surface area contributed by atoms with E-state index >= 15 is 0 Å². The Bertz CT molecular complexity index is 712. The average molecular weight is 306 g/mol. The van der Waals surface area contributed by atoms with Gasteiger partial charge in [-0.2, -0.15) is 5.10 Å². The third-order valence-electron chi connectivity index (χ3n) is 3.01. The van der Waals surface area contributed by atoms with Crippen LogP contribution in [0, 0.1) is 6.92 Å². The van der Waals surface area contributed by atoms with Crippen LogP contribution in [0.15, 0.2) is 29.0 Å². The Morgan fingerprint density at radius 3 is 2.94 bits per heavy atom. The van der Waals surface area contributed by atoms with E-state index in [1.807, 2.05) is 30.8 Å². The standard InChI is InChI=1S/C12H12BrN5/c1-8-16-12-11(5-9(13)6-14-12)18(8)7-10-3-4-15-17(10)2/h3-6H,7H2,1-2H3. The van der Waals surface area contributed by atoms with Crippen molar-refractivity contribution >= 4 is 27.1 Å². The van der Waals surface area contributed by atoms with Gasteiger partial charge in [0.2, 0.25) is 0 Å². The summed E-state index contributed by atoms with van der Waals surface area (Å²) in [4.78, 5) is 8.78. The molecule has 0 saturated heterocycles. The second-order valence-corrected chi connectivity index (χ2v) is 5.10. The van der Waals surface area contributed by atoms with Gasteiger partial charge in [0.15, 0.2) is 5.65 Å². The van der Waals surface area contributed by atoms with Gasteiger partial charge in [-0.25, -0.2) is 9.97 Å². The number of aromatic nitrogens is 5. The highest BCUT2D eigenvalue weighted by Gasteiger charge is 2.10. The lowest BCUT2D eigenvalue weighted by molar-refractivity contribution is 0.665. The topological polar surface area (TPSA) is 48.5 Å². The molecule has 3 aromatic rings. The molecule has 0 radical (unpaired) electrons. The van der Waals surface area contributed by atoms with Gasteiger partial charge in [-0.1, -0.05) is 0 Å². The van der Waals surface area contributed by atoms with Crippen LogP contribution in [-0.4, -0.2) is 24.3 Å². The highest BCUT2D eigenvalue weighted by atomic mass is 79.9. The van der Waals surface area contributed by atoms with E-state index in [0.29, 0.717) is 0 Å². The zero-order valence-electron chi connectivity index (χ0n) is 10.1. The van der Waals surface area contributed by atoms with Crippen molar-refractivity contribution in [1.29, 1.82) is 0 Å². The lowest BCUT2D eigenvalue weighted by Crippen LogP contribution is -2.07. The normalized spacial score (nSPS) is 11.3. The summed E-state index contributed by atoms with van der Waals surface area (Å²) in [6.07, 6.45) is 3.57.